The Kier molecular flexibility index (Phi) is 4.60. The van der Waals surface area contributed by atoms with E-state index < -0.39 is 0 Å². The molecule has 0 spiro atoms. The van der Waals surface area contributed by atoms with Crippen molar-refractivity contribution in [3.63, 3.8) is 0 Å². The number of aryl methyl sites for hydroxylation is 2. The Morgan fingerprint density at radius 1 is 1.17 bits per heavy atom. The van der Waals surface area contributed by atoms with E-state index in [2.05, 4.69) is 41.2 Å². The van der Waals surface area contributed by atoms with Gasteiger partial charge in [-0.15, -0.1) is 0 Å². The monoisotopic (exact) mass is 327 g/mol. The molecule has 128 valence electrons. The highest BCUT2D eigenvalue weighted by Crippen LogP contribution is 2.25. The Balaban J connectivity index is 1.71. The van der Waals surface area contributed by atoms with Gasteiger partial charge in [-0.3, -0.25) is 4.79 Å². The second-order valence-electron chi connectivity index (χ2n) is 6.78. The van der Waals surface area contributed by atoms with E-state index in [1.54, 1.807) is 0 Å². The molecule has 1 aromatic carbocycles. The van der Waals surface area contributed by atoms with Crippen LogP contribution in [0.25, 0.3) is 0 Å². The molecule has 0 bridgehead atoms. The standard InChI is InChI=1S/C19H25N3O2/c1-13(2)18-17(15(4)20-24-18)19(23)22-10-8-21(9-11-22)16-7-5-6-14(3)12-16/h5-7,12-13H,8-11H2,1-4H3. The minimum atomic E-state index is 0.0429. The molecule has 5 nitrogen and oxygen atoms in total. The van der Waals surface area contributed by atoms with Gasteiger partial charge in [0.05, 0.1) is 5.69 Å². The van der Waals surface area contributed by atoms with Gasteiger partial charge in [-0.25, -0.2) is 0 Å². The van der Waals surface area contributed by atoms with E-state index >= 15 is 0 Å². The lowest BCUT2D eigenvalue weighted by molar-refractivity contribution is 0.0743. The average Bonchev–Trinajstić information content (AvgIpc) is 2.96. The third-order valence-electron chi connectivity index (χ3n) is 4.56. The van der Waals surface area contributed by atoms with Crippen LogP contribution in [0.3, 0.4) is 0 Å². The van der Waals surface area contributed by atoms with Crippen LogP contribution in [0.4, 0.5) is 5.69 Å². The molecule has 0 radical (unpaired) electrons. The van der Waals surface area contributed by atoms with E-state index in [-0.39, 0.29) is 11.8 Å². The number of hydrogen-bond acceptors (Lipinski definition) is 4. The summed E-state index contributed by atoms with van der Waals surface area (Å²) >= 11 is 0. The number of rotatable bonds is 3. The fraction of sp³-hybridized carbons (Fsp3) is 0.474. The second kappa shape index (κ2) is 6.67. The normalized spacial score (nSPS) is 15.2. The van der Waals surface area contributed by atoms with Crippen molar-refractivity contribution in [1.82, 2.24) is 10.1 Å². The molecule has 24 heavy (non-hydrogen) atoms. The molecule has 1 aromatic heterocycles. The Morgan fingerprint density at radius 3 is 2.50 bits per heavy atom. The number of piperazine rings is 1. The number of carbonyl (C=O) groups is 1. The molecule has 0 atom stereocenters. The molecule has 0 saturated carbocycles. The molecule has 2 aromatic rings. The minimum Gasteiger partial charge on any atom is -0.368 e. The van der Waals surface area contributed by atoms with Crippen LogP contribution in [0.5, 0.6) is 0 Å². The molecule has 0 N–H and O–H groups in total. The van der Waals surface area contributed by atoms with Crippen molar-refractivity contribution in [3.8, 4) is 0 Å². The number of aromatic nitrogens is 1. The number of benzene rings is 1. The van der Waals surface area contributed by atoms with Crippen LogP contribution in [0, 0.1) is 13.8 Å². The Labute approximate surface area is 143 Å². The van der Waals surface area contributed by atoms with Crippen molar-refractivity contribution in [2.24, 2.45) is 0 Å². The van der Waals surface area contributed by atoms with Crippen LogP contribution in [-0.4, -0.2) is 42.1 Å². The summed E-state index contributed by atoms with van der Waals surface area (Å²) in [6.07, 6.45) is 0. The molecule has 3 rings (SSSR count). The van der Waals surface area contributed by atoms with E-state index in [4.69, 9.17) is 4.52 Å². The van der Waals surface area contributed by atoms with Gasteiger partial charge >= 0.3 is 0 Å². The van der Waals surface area contributed by atoms with Crippen LogP contribution in [0.2, 0.25) is 0 Å². The number of anilines is 1. The van der Waals surface area contributed by atoms with E-state index in [0.717, 1.165) is 26.2 Å². The molecular formula is C19H25N3O2. The van der Waals surface area contributed by atoms with Gasteiger partial charge in [-0.05, 0) is 31.5 Å². The highest BCUT2D eigenvalue weighted by molar-refractivity contribution is 5.96. The van der Waals surface area contributed by atoms with Crippen molar-refractivity contribution < 1.29 is 9.32 Å². The third kappa shape index (κ3) is 3.16. The van der Waals surface area contributed by atoms with Gasteiger partial charge < -0.3 is 14.3 Å². The van der Waals surface area contributed by atoms with Crippen molar-refractivity contribution in [3.05, 3.63) is 46.8 Å². The quantitative estimate of drug-likeness (QED) is 0.867. The first-order valence-electron chi connectivity index (χ1n) is 8.54. The smallest absolute Gasteiger partial charge is 0.259 e. The van der Waals surface area contributed by atoms with Gasteiger partial charge in [0.25, 0.3) is 5.91 Å². The second-order valence-corrected chi connectivity index (χ2v) is 6.78. The van der Waals surface area contributed by atoms with E-state index in [1.807, 2.05) is 25.7 Å². The molecule has 1 aliphatic rings. The maximum atomic E-state index is 12.9. The summed E-state index contributed by atoms with van der Waals surface area (Å²) in [7, 11) is 0. The Hall–Kier alpha value is -2.30. The zero-order valence-corrected chi connectivity index (χ0v) is 14.9. The lowest BCUT2D eigenvalue weighted by atomic mass is 10.0. The first kappa shape index (κ1) is 16.6. The molecule has 0 aliphatic carbocycles. The number of carbonyl (C=O) groups excluding carboxylic acids is 1. The number of nitrogens with zero attached hydrogens (tertiary/aromatic N) is 3. The maximum Gasteiger partial charge on any atom is 0.259 e. The van der Waals surface area contributed by atoms with E-state index in [0.29, 0.717) is 17.0 Å². The topological polar surface area (TPSA) is 49.6 Å². The predicted octanol–water partition coefficient (Wildman–Crippen LogP) is 3.38. The fourth-order valence-corrected chi connectivity index (χ4v) is 3.19. The van der Waals surface area contributed by atoms with Crippen LogP contribution < -0.4 is 4.90 Å². The summed E-state index contributed by atoms with van der Waals surface area (Å²) in [6.45, 7) is 11.1. The molecule has 1 saturated heterocycles. The average molecular weight is 327 g/mol. The summed E-state index contributed by atoms with van der Waals surface area (Å²) in [4.78, 5) is 17.2. The molecule has 1 amide bonds. The summed E-state index contributed by atoms with van der Waals surface area (Å²) in [6, 6.07) is 8.51. The Bertz CT molecular complexity index is 728. The van der Waals surface area contributed by atoms with E-state index in [1.165, 1.54) is 11.3 Å². The maximum absolute atomic E-state index is 12.9. The highest BCUT2D eigenvalue weighted by Gasteiger charge is 2.29. The molecule has 2 heterocycles. The molecule has 1 aliphatic heterocycles. The van der Waals surface area contributed by atoms with Crippen molar-refractivity contribution >= 4 is 11.6 Å². The minimum absolute atomic E-state index is 0.0429. The lowest BCUT2D eigenvalue weighted by Crippen LogP contribution is -2.49. The van der Waals surface area contributed by atoms with Crippen LogP contribution in [0.15, 0.2) is 28.8 Å². The highest BCUT2D eigenvalue weighted by atomic mass is 16.5. The van der Waals surface area contributed by atoms with Gasteiger partial charge in [-0.1, -0.05) is 31.1 Å². The first-order chi connectivity index (χ1) is 11.5. The lowest BCUT2D eigenvalue weighted by Gasteiger charge is -2.36. The van der Waals surface area contributed by atoms with Crippen molar-refractivity contribution in [1.29, 1.82) is 0 Å². The molecular weight excluding hydrogens is 302 g/mol. The van der Waals surface area contributed by atoms with E-state index in [9.17, 15) is 4.79 Å². The summed E-state index contributed by atoms with van der Waals surface area (Å²) < 4.78 is 5.36. The van der Waals surface area contributed by atoms with Gasteiger partial charge in [0.15, 0.2) is 5.76 Å². The van der Waals surface area contributed by atoms with Gasteiger partial charge in [0.2, 0.25) is 0 Å². The molecule has 1 fully saturated rings. The first-order valence-corrected chi connectivity index (χ1v) is 8.54. The Morgan fingerprint density at radius 2 is 1.88 bits per heavy atom. The largest absolute Gasteiger partial charge is 0.368 e. The fourth-order valence-electron chi connectivity index (χ4n) is 3.19. The number of hydrogen-bond donors (Lipinski definition) is 0. The molecule has 0 unspecified atom stereocenters. The van der Waals surface area contributed by atoms with Gasteiger partial charge in [0.1, 0.15) is 5.56 Å². The zero-order chi connectivity index (χ0) is 17.3. The zero-order valence-electron chi connectivity index (χ0n) is 14.9. The predicted molar refractivity (Wildman–Crippen MR) is 94.6 cm³/mol. The number of amides is 1. The van der Waals surface area contributed by atoms with Crippen LogP contribution >= 0.6 is 0 Å². The van der Waals surface area contributed by atoms with Crippen LogP contribution in [0.1, 0.15) is 47.1 Å². The van der Waals surface area contributed by atoms with Crippen LogP contribution in [-0.2, 0) is 0 Å². The molecule has 5 heteroatoms. The van der Waals surface area contributed by atoms with Crippen molar-refractivity contribution in [2.45, 2.75) is 33.6 Å². The third-order valence-corrected chi connectivity index (χ3v) is 4.56. The summed E-state index contributed by atoms with van der Waals surface area (Å²) in [5.74, 6) is 0.888. The van der Waals surface area contributed by atoms with Gasteiger partial charge in [0, 0.05) is 37.8 Å². The SMILES string of the molecule is Cc1cccc(N2CCN(C(=O)c3c(C)noc3C(C)C)CC2)c1. The van der Waals surface area contributed by atoms with Crippen molar-refractivity contribution in [2.75, 3.05) is 31.1 Å². The van der Waals surface area contributed by atoms with Gasteiger partial charge in [-0.2, -0.15) is 0 Å². The summed E-state index contributed by atoms with van der Waals surface area (Å²) in [5.41, 5.74) is 3.82. The summed E-state index contributed by atoms with van der Waals surface area (Å²) in [5, 5.41) is 3.99.